The third-order valence-electron chi connectivity index (χ3n) is 2.18. The van der Waals surface area contributed by atoms with Gasteiger partial charge in [-0.15, -0.1) is 0 Å². The Bertz CT molecular complexity index is 428. The van der Waals surface area contributed by atoms with Gasteiger partial charge in [-0.3, -0.25) is 9.78 Å². The Labute approximate surface area is 74.4 Å². The molecule has 1 N–H and O–H groups in total. The third kappa shape index (κ3) is 1.41. The van der Waals surface area contributed by atoms with E-state index in [1.54, 1.807) is 0 Å². The molecule has 13 heavy (non-hydrogen) atoms. The van der Waals surface area contributed by atoms with Crippen molar-refractivity contribution in [1.82, 2.24) is 14.8 Å². The summed E-state index contributed by atoms with van der Waals surface area (Å²) in [4.78, 5) is 24.6. The molecule has 0 saturated heterocycles. The van der Waals surface area contributed by atoms with Crippen molar-refractivity contribution in [1.29, 1.82) is 0 Å². The number of nitrogens with zero attached hydrogens (tertiary/aromatic N) is 2. The van der Waals surface area contributed by atoms with Crippen molar-refractivity contribution in [3.05, 3.63) is 26.5 Å². The summed E-state index contributed by atoms with van der Waals surface area (Å²) in [5, 5.41) is 4.01. The first-order valence-electron chi connectivity index (χ1n) is 4.43. The van der Waals surface area contributed by atoms with Crippen LogP contribution in [0.15, 0.2) is 9.59 Å². The van der Waals surface area contributed by atoms with Gasteiger partial charge < -0.3 is 0 Å². The van der Waals surface area contributed by atoms with Gasteiger partial charge in [-0.1, -0.05) is 0 Å². The van der Waals surface area contributed by atoms with Crippen molar-refractivity contribution in [2.45, 2.75) is 32.2 Å². The fraction of sp³-hybridized carbons (Fsp3) is 0.625. The van der Waals surface area contributed by atoms with E-state index in [4.69, 9.17) is 0 Å². The summed E-state index contributed by atoms with van der Waals surface area (Å²) in [7, 11) is 0. The topological polar surface area (TPSA) is 67.8 Å². The lowest BCUT2D eigenvalue weighted by Crippen LogP contribution is -2.34. The van der Waals surface area contributed by atoms with Gasteiger partial charge in [0, 0.05) is 12.5 Å². The molecule has 1 heterocycles. The van der Waals surface area contributed by atoms with Crippen LogP contribution in [0.3, 0.4) is 0 Å². The molecule has 1 aliphatic carbocycles. The molecule has 0 radical (unpaired) electrons. The molecular formula is C8H11N3O2. The number of nitrogens with one attached hydrogen (secondary N) is 1. The number of aryl methyl sites for hydroxylation is 1. The van der Waals surface area contributed by atoms with Gasteiger partial charge >= 0.3 is 5.69 Å². The molecule has 1 saturated carbocycles. The van der Waals surface area contributed by atoms with Crippen LogP contribution in [-0.2, 0) is 6.54 Å². The van der Waals surface area contributed by atoms with E-state index in [1.807, 2.05) is 6.92 Å². The Morgan fingerprint density at radius 2 is 2.23 bits per heavy atom. The lowest BCUT2D eigenvalue weighted by molar-refractivity contribution is 0.568. The fourth-order valence-corrected chi connectivity index (χ4v) is 1.28. The van der Waals surface area contributed by atoms with Crippen LogP contribution in [0.5, 0.6) is 0 Å². The first-order chi connectivity index (χ1) is 6.22. The average molecular weight is 181 g/mol. The zero-order chi connectivity index (χ0) is 9.42. The molecule has 70 valence electrons. The van der Waals surface area contributed by atoms with Crippen molar-refractivity contribution < 1.29 is 0 Å². The highest BCUT2D eigenvalue weighted by atomic mass is 16.2. The number of hydrogen-bond acceptors (Lipinski definition) is 3. The molecule has 0 spiro atoms. The maximum absolute atomic E-state index is 11.3. The summed E-state index contributed by atoms with van der Waals surface area (Å²) in [5.74, 6) is 0.280. The highest BCUT2D eigenvalue weighted by Crippen LogP contribution is 2.36. The van der Waals surface area contributed by atoms with Crippen LogP contribution in [0.1, 0.15) is 31.4 Å². The Hall–Kier alpha value is -1.39. The molecule has 1 fully saturated rings. The zero-order valence-corrected chi connectivity index (χ0v) is 7.41. The molecular weight excluding hydrogens is 170 g/mol. The highest BCUT2D eigenvalue weighted by molar-refractivity contribution is 5.08. The quantitative estimate of drug-likeness (QED) is 0.688. The summed E-state index contributed by atoms with van der Waals surface area (Å²) in [6, 6.07) is 0. The van der Waals surface area contributed by atoms with E-state index in [-0.39, 0.29) is 11.5 Å². The van der Waals surface area contributed by atoms with Gasteiger partial charge in [-0.05, 0) is 19.8 Å². The van der Waals surface area contributed by atoms with E-state index < -0.39 is 5.69 Å². The highest BCUT2D eigenvalue weighted by Gasteiger charge is 2.28. The molecule has 1 aliphatic rings. The molecule has 2 rings (SSSR count). The lowest BCUT2D eigenvalue weighted by Gasteiger charge is -2.01. The van der Waals surface area contributed by atoms with E-state index in [0.29, 0.717) is 12.2 Å². The van der Waals surface area contributed by atoms with Crippen LogP contribution >= 0.6 is 0 Å². The maximum Gasteiger partial charge on any atom is 0.344 e. The SMILES string of the molecule is CCn1nc(C2CC2)c(=O)[nH]c1=O. The minimum Gasteiger partial charge on any atom is -0.271 e. The molecule has 5 nitrogen and oxygen atoms in total. The van der Waals surface area contributed by atoms with Gasteiger partial charge in [-0.2, -0.15) is 5.10 Å². The summed E-state index contributed by atoms with van der Waals surface area (Å²) in [6.07, 6.45) is 2.02. The number of H-pyrrole nitrogens is 1. The zero-order valence-electron chi connectivity index (χ0n) is 7.41. The minimum absolute atomic E-state index is 0.280. The van der Waals surface area contributed by atoms with Gasteiger partial charge in [0.05, 0.1) is 0 Å². The van der Waals surface area contributed by atoms with Crippen LogP contribution < -0.4 is 11.2 Å². The normalized spacial score (nSPS) is 16.1. The monoisotopic (exact) mass is 181 g/mol. The molecule has 5 heteroatoms. The second kappa shape index (κ2) is 2.83. The first-order valence-corrected chi connectivity index (χ1v) is 4.43. The predicted octanol–water partition coefficient (Wildman–Crippen LogP) is -0.171. The first kappa shape index (κ1) is 8.22. The molecule has 1 aromatic heterocycles. The number of aromatic amines is 1. The largest absolute Gasteiger partial charge is 0.344 e. The van der Waals surface area contributed by atoms with Crippen molar-refractivity contribution in [3.8, 4) is 0 Å². The molecule has 0 aliphatic heterocycles. The van der Waals surface area contributed by atoms with E-state index in [0.717, 1.165) is 12.8 Å². The second-order valence-corrected chi connectivity index (χ2v) is 3.23. The molecule has 0 aromatic carbocycles. The third-order valence-corrected chi connectivity index (χ3v) is 2.18. The standard InChI is InChI=1S/C8H11N3O2/c1-2-11-8(13)9-7(12)6(10-11)5-3-4-5/h5H,2-4H2,1H3,(H,9,12,13). The molecule has 1 aromatic rings. The van der Waals surface area contributed by atoms with Crippen LogP contribution in [-0.4, -0.2) is 14.8 Å². The summed E-state index contributed by atoms with van der Waals surface area (Å²) >= 11 is 0. The Balaban J connectivity index is 2.57. The average Bonchev–Trinajstić information content (AvgIpc) is 2.88. The van der Waals surface area contributed by atoms with Crippen LogP contribution in [0, 0.1) is 0 Å². The van der Waals surface area contributed by atoms with Crippen molar-refractivity contribution in [2.24, 2.45) is 0 Å². The Kier molecular flexibility index (Phi) is 1.79. The Morgan fingerprint density at radius 3 is 2.77 bits per heavy atom. The van der Waals surface area contributed by atoms with Gasteiger partial charge in [-0.25, -0.2) is 9.48 Å². The van der Waals surface area contributed by atoms with E-state index >= 15 is 0 Å². The van der Waals surface area contributed by atoms with Gasteiger partial charge in [0.1, 0.15) is 5.69 Å². The van der Waals surface area contributed by atoms with Crippen LogP contribution in [0.2, 0.25) is 0 Å². The lowest BCUT2D eigenvalue weighted by atomic mass is 10.3. The predicted molar refractivity (Wildman–Crippen MR) is 46.8 cm³/mol. The van der Waals surface area contributed by atoms with Gasteiger partial charge in [0.15, 0.2) is 0 Å². The van der Waals surface area contributed by atoms with Gasteiger partial charge in [0.2, 0.25) is 0 Å². The number of aromatic nitrogens is 3. The fourth-order valence-electron chi connectivity index (χ4n) is 1.28. The van der Waals surface area contributed by atoms with Crippen molar-refractivity contribution >= 4 is 0 Å². The summed E-state index contributed by atoms with van der Waals surface area (Å²) in [6.45, 7) is 2.32. The molecule has 0 unspecified atom stereocenters. The maximum atomic E-state index is 11.3. The number of hydrogen-bond donors (Lipinski definition) is 1. The smallest absolute Gasteiger partial charge is 0.271 e. The van der Waals surface area contributed by atoms with E-state index in [2.05, 4.69) is 10.1 Å². The van der Waals surface area contributed by atoms with E-state index in [1.165, 1.54) is 4.68 Å². The Morgan fingerprint density at radius 1 is 1.54 bits per heavy atom. The van der Waals surface area contributed by atoms with Crippen LogP contribution in [0.25, 0.3) is 0 Å². The molecule has 0 bridgehead atoms. The van der Waals surface area contributed by atoms with E-state index in [9.17, 15) is 9.59 Å². The van der Waals surface area contributed by atoms with Crippen LogP contribution in [0.4, 0.5) is 0 Å². The van der Waals surface area contributed by atoms with Crippen molar-refractivity contribution in [3.63, 3.8) is 0 Å². The second-order valence-electron chi connectivity index (χ2n) is 3.23. The number of rotatable bonds is 2. The van der Waals surface area contributed by atoms with Crippen molar-refractivity contribution in [2.75, 3.05) is 0 Å². The minimum atomic E-state index is -0.420. The summed E-state index contributed by atoms with van der Waals surface area (Å²) in [5.41, 5.74) is -0.226. The summed E-state index contributed by atoms with van der Waals surface area (Å²) < 4.78 is 1.29. The van der Waals surface area contributed by atoms with Gasteiger partial charge in [0.25, 0.3) is 5.56 Å². The molecule has 0 amide bonds. The molecule has 0 atom stereocenters.